The normalized spacial score (nSPS) is 17.8. The second-order valence-electron chi connectivity index (χ2n) is 8.06. The smallest absolute Gasteiger partial charge is 0.272 e. The van der Waals surface area contributed by atoms with E-state index >= 15 is 0 Å². The van der Waals surface area contributed by atoms with Gasteiger partial charge >= 0.3 is 0 Å². The van der Waals surface area contributed by atoms with Crippen molar-refractivity contribution in [2.75, 3.05) is 33.1 Å². The van der Waals surface area contributed by atoms with E-state index in [1.807, 2.05) is 0 Å². The standard InChI is InChI=1S/C24H26ClN3O5S/c1-27-21(15-20(26-27)18-14-16(32-2)8-9-22(18)33-3)24(29)28-11-10-23(34(30,31)13-12-28)17-6-4-5-7-19(17)25/h4-9,14-15,23H,10-13H2,1-3H3. The number of benzene rings is 2. The van der Waals surface area contributed by atoms with Crippen LogP contribution in [-0.2, 0) is 16.9 Å². The number of aromatic nitrogens is 2. The summed E-state index contributed by atoms with van der Waals surface area (Å²) in [6.07, 6.45) is 0.270. The number of rotatable bonds is 5. The van der Waals surface area contributed by atoms with Crippen molar-refractivity contribution >= 4 is 27.3 Å². The van der Waals surface area contributed by atoms with E-state index in [0.717, 1.165) is 0 Å². The summed E-state index contributed by atoms with van der Waals surface area (Å²) in [4.78, 5) is 15.0. The summed E-state index contributed by atoms with van der Waals surface area (Å²) in [6, 6.07) is 14.0. The maximum absolute atomic E-state index is 13.4. The molecule has 1 aliphatic heterocycles. The van der Waals surface area contributed by atoms with Crippen LogP contribution in [0, 0.1) is 0 Å². The van der Waals surface area contributed by atoms with Crippen molar-refractivity contribution in [1.82, 2.24) is 14.7 Å². The molecule has 1 aliphatic rings. The van der Waals surface area contributed by atoms with Crippen molar-refractivity contribution in [1.29, 1.82) is 0 Å². The number of carbonyl (C=O) groups excluding carboxylic acids is 1. The molecule has 0 saturated carbocycles. The van der Waals surface area contributed by atoms with E-state index < -0.39 is 15.1 Å². The fraction of sp³-hybridized carbons (Fsp3) is 0.333. The third-order valence-electron chi connectivity index (χ3n) is 6.06. The summed E-state index contributed by atoms with van der Waals surface area (Å²) in [5, 5.41) is 4.17. The van der Waals surface area contributed by atoms with E-state index in [9.17, 15) is 13.2 Å². The lowest BCUT2D eigenvalue weighted by molar-refractivity contribution is 0.0755. The molecule has 1 atom stereocenters. The van der Waals surface area contributed by atoms with Gasteiger partial charge in [-0.05, 0) is 42.3 Å². The Morgan fingerprint density at radius 2 is 1.85 bits per heavy atom. The van der Waals surface area contributed by atoms with Crippen LogP contribution in [0.5, 0.6) is 11.5 Å². The highest BCUT2D eigenvalue weighted by atomic mass is 35.5. The minimum Gasteiger partial charge on any atom is -0.497 e. The van der Waals surface area contributed by atoms with Gasteiger partial charge in [0.25, 0.3) is 5.91 Å². The monoisotopic (exact) mass is 503 g/mol. The van der Waals surface area contributed by atoms with Gasteiger partial charge in [0.1, 0.15) is 17.2 Å². The van der Waals surface area contributed by atoms with Crippen LogP contribution in [-0.4, -0.2) is 62.1 Å². The molecule has 1 saturated heterocycles. The van der Waals surface area contributed by atoms with E-state index in [4.69, 9.17) is 21.1 Å². The van der Waals surface area contributed by atoms with Crippen molar-refractivity contribution in [3.63, 3.8) is 0 Å². The lowest BCUT2D eigenvalue weighted by Crippen LogP contribution is -2.34. The fourth-order valence-electron chi connectivity index (χ4n) is 4.21. The predicted molar refractivity (Wildman–Crippen MR) is 130 cm³/mol. The first kappa shape index (κ1) is 24.1. The van der Waals surface area contributed by atoms with Crippen LogP contribution in [0.3, 0.4) is 0 Å². The molecule has 0 spiro atoms. The van der Waals surface area contributed by atoms with Gasteiger partial charge in [0, 0.05) is 30.7 Å². The number of carbonyl (C=O) groups is 1. The molecule has 1 unspecified atom stereocenters. The van der Waals surface area contributed by atoms with Gasteiger partial charge in [-0.15, -0.1) is 0 Å². The minimum atomic E-state index is -3.48. The van der Waals surface area contributed by atoms with Crippen LogP contribution in [0.25, 0.3) is 11.3 Å². The molecule has 1 fully saturated rings. The Bertz CT molecular complexity index is 1320. The van der Waals surface area contributed by atoms with Crippen LogP contribution >= 0.6 is 11.6 Å². The summed E-state index contributed by atoms with van der Waals surface area (Å²) < 4.78 is 38.3. The molecular formula is C24H26ClN3O5S. The molecule has 4 rings (SSSR count). The summed E-state index contributed by atoms with van der Waals surface area (Å²) in [7, 11) is 1.34. The predicted octanol–water partition coefficient (Wildman–Crippen LogP) is 3.76. The van der Waals surface area contributed by atoms with Gasteiger partial charge in [0.15, 0.2) is 9.84 Å². The first-order valence-corrected chi connectivity index (χ1v) is 12.9. The maximum Gasteiger partial charge on any atom is 0.272 e. The van der Waals surface area contributed by atoms with E-state index in [-0.39, 0.29) is 31.2 Å². The van der Waals surface area contributed by atoms with Crippen molar-refractivity contribution in [2.45, 2.75) is 11.7 Å². The summed E-state index contributed by atoms with van der Waals surface area (Å²) in [6.45, 7) is 0.391. The Labute approximate surface area is 204 Å². The highest BCUT2D eigenvalue weighted by Gasteiger charge is 2.34. The number of aryl methyl sites for hydroxylation is 1. The lowest BCUT2D eigenvalue weighted by Gasteiger charge is -2.20. The summed E-state index contributed by atoms with van der Waals surface area (Å²) >= 11 is 6.29. The highest BCUT2D eigenvalue weighted by Crippen LogP contribution is 2.35. The largest absolute Gasteiger partial charge is 0.497 e. The molecule has 180 valence electrons. The third kappa shape index (κ3) is 4.63. The number of sulfone groups is 1. The Morgan fingerprint density at radius 3 is 2.56 bits per heavy atom. The first-order valence-electron chi connectivity index (χ1n) is 10.8. The highest BCUT2D eigenvalue weighted by molar-refractivity contribution is 7.91. The average molecular weight is 504 g/mol. The molecule has 0 radical (unpaired) electrons. The Morgan fingerprint density at radius 1 is 1.09 bits per heavy atom. The summed E-state index contributed by atoms with van der Waals surface area (Å²) in [5.41, 5.74) is 2.17. The molecule has 1 aromatic heterocycles. The molecule has 2 heterocycles. The molecule has 0 aliphatic carbocycles. The fourth-order valence-corrected chi connectivity index (χ4v) is 6.36. The van der Waals surface area contributed by atoms with Gasteiger partial charge in [-0.2, -0.15) is 5.10 Å². The Hall–Kier alpha value is -3.04. The van der Waals surface area contributed by atoms with Gasteiger partial charge in [-0.1, -0.05) is 29.8 Å². The zero-order valence-corrected chi connectivity index (χ0v) is 20.8. The van der Waals surface area contributed by atoms with Crippen molar-refractivity contribution in [3.8, 4) is 22.8 Å². The van der Waals surface area contributed by atoms with E-state index in [2.05, 4.69) is 5.10 Å². The number of halogens is 1. The quantitative estimate of drug-likeness (QED) is 0.526. The van der Waals surface area contributed by atoms with E-state index in [1.54, 1.807) is 74.7 Å². The molecular weight excluding hydrogens is 478 g/mol. The molecule has 10 heteroatoms. The molecule has 8 nitrogen and oxygen atoms in total. The van der Waals surface area contributed by atoms with Gasteiger partial charge in [-0.25, -0.2) is 8.42 Å². The average Bonchev–Trinajstić information content (AvgIpc) is 3.14. The van der Waals surface area contributed by atoms with Gasteiger partial charge in [0.05, 0.1) is 30.9 Å². The van der Waals surface area contributed by atoms with Gasteiger partial charge in [-0.3, -0.25) is 9.48 Å². The zero-order chi connectivity index (χ0) is 24.5. The van der Waals surface area contributed by atoms with Crippen LogP contribution in [0.1, 0.15) is 27.7 Å². The molecule has 34 heavy (non-hydrogen) atoms. The molecule has 0 bridgehead atoms. The number of methoxy groups -OCH3 is 2. The second kappa shape index (κ2) is 9.68. The Kier molecular flexibility index (Phi) is 6.86. The van der Waals surface area contributed by atoms with Crippen molar-refractivity contribution < 1.29 is 22.7 Å². The van der Waals surface area contributed by atoms with Crippen molar-refractivity contribution in [2.24, 2.45) is 7.05 Å². The minimum absolute atomic E-state index is 0.102. The van der Waals surface area contributed by atoms with Gasteiger partial charge < -0.3 is 14.4 Å². The first-order chi connectivity index (χ1) is 16.2. The number of nitrogens with zero attached hydrogens (tertiary/aromatic N) is 3. The zero-order valence-electron chi connectivity index (χ0n) is 19.2. The Balaban J connectivity index is 1.61. The SMILES string of the molecule is COc1ccc(OC)c(-c2cc(C(=O)N3CCC(c4ccccc4Cl)S(=O)(=O)CC3)n(C)n2)c1. The van der Waals surface area contributed by atoms with E-state index in [0.29, 0.717) is 39.0 Å². The molecule has 0 N–H and O–H groups in total. The number of amides is 1. The number of hydrogen-bond donors (Lipinski definition) is 0. The maximum atomic E-state index is 13.4. The molecule has 3 aromatic rings. The van der Waals surface area contributed by atoms with Crippen LogP contribution < -0.4 is 9.47 Å². The number of ether oxygens (including phenoxy) is 2. The van der Waals surface area contributed by atoms with Gasteiger partial charge in [0.2, 0.25) is 0 Å². The third-order valence-corrected chi connectivity index (χ3v) is 8.51. The topological polar surface area (TPSA) is 90.7 Å². The van der Waals surface area contributed by atoms with Crippen LogP contribution in [0.2, 0.25) is 5.02 Å². The van der Waals surface area contributed by atoms with Crippen LogP contribution in [0.4, 0.5) is 0 Å². The van der Waals surface area contributed by atoms with Crippen molar-refractivity contribution in [3.05, 3.63) is 64.8 Å². The number of hydrogen-bond acceptors (Lipinski definition) is 6. The van der Waals surface area contributed by atoms with E-state index in [1.165, 1.54) is 4.68 Å². The molecule has 2 aromatic carbocycles. The molecule has 1 amide bonds. The lowest BCUT2D eigenvalue weighted by atomic mass is 10.1. The summed E-state index contributed by atoms with van der Waals surface area (Å²) in [5.74, 6) is 0.820. The van der Waals surface area contributed by atoms with Crippen LogP contribution in [0.15, 0.2) is 48.5 Å². The second-order valence-corrected chi connectivity index (χ2v) is 10.8.